The summed E-state index contributed by atoms with van der Waals surface area (Å²) in [4.78, 5) is 12.7. The summed E-state index contributed by atoms with van der Waals surface area (Å²) in [7, 11) is 1.56. The Labute approximate surface area is 231 Å². The van der Waals surface area contributed by atoms with Gasteiger partial charge in [-0.2, -0.15) is 5.26 Å². The van der Waals surface area contributed by atoms with E-state index in [1.54, 1.807) is 31.4 Å². The van der Waals surface area contributed by atoms with Gasteiger partial charge in [0.05, 0.1) is 30.2 Å². The average Bonchev–Trinajstić information content (AvgIpc) is 2.87. The van der Waals surface area contributed by atoms with Crippen LogP contribution in [-0.2, 0) is 0 Å². The van der Waals surface area contributed by atoms with Crippen molar-refractivity contribution in [1.29, 1.82) is 5.26 Å². The van der Waals surface area contributed by atoms with Crippen LogP contribution in [-0.4, -0.2) is 19.7 Å². The van der Waals surface area contributed by atoms with Crippen LogP contribution in [0.25, 0.3) is 0 Å². The maximum atomic E-state index is 12.7. The lowest BCUT2D eigenvalue weighted by Gasteiger charge is -2.27. The second-order valence-corrected chi connectivity index (χ2v) is 9.92. The molecule has 3 aromatic rings. The minimum absolute atomic E-state index is 0.0366. The number of ether oxygens (including phenoxy) is 4. The van der Waals surface area contributed by atoms with E-state index < -0.39 is 11.9 Å². The first-order valence-electron chi connectivity index (χ1n) is 11.9. The summed E-state index contributed by atoms with van der Waals surface area (Å²) in [6, 6.07) is 17.1. The molecule has 1 unspecified atom stereocenters. The molecule has 7 nitrogen and oxygen atoms in total. The number of methoxy groups -OCH3 is 1. The van der Waals surface area contributed by atoms with Crippen LogP contribution in [0, 0.1) is 17.2 Å². The van der Waals surface area contributed by atoms with Crippen LogP contribution in [0.4, 0.5) is 0 Å². The van der Waals surface area contributed by atoms with Gasteiger partial charge in [-0.3, -0.25) is 0 Å². The largest absolute Gasteiger partial charge is 0.493 e. The van der Waals surface area contributed by atoms with Crippen LogP contribution in [0.2, 0.25) is 10.0 Å². The third-order valence-corrected chi connectivity index (χ3v) is 6.57. The number of fused-ring (bicyclic) bond motifs is 1. The molecule has 38 heavy (non-hydrogen) atoms. The van der Waals surface area contributed by atoms with Crippen LogP contribution in [0.5, 0.6) is 23.0 Å². The predicted octanol–water partition coefficient (Wildman–Crippen LogP) is 6.86. The molecule has 1 aliphatic rings. The Bertz CT molecular complexity index is 1450. The summed E-state index contributed by atoms with van der Waals surface area (Å²) in [5.74, 6) is 1.02. The highest BCUT2D eigenvalue weighted by atomic mass is 35.5. The van der Waals surface area contributed by atoms with Gasteiger partial charge in [-0.15, -0.1) is 0 Å². The molecule has 2 N–H and O–H groups in total. The zero-order chi connectivity index (χ0) is 27.4. The Hall–Kier alpha value is -3.86. The third-order valence-electron chi connectivity index (χ3n) is 6.03. The maximum absolute atomic E-state index is 12.7. The minimum Gasteiger partial charge on any atom is -0.493 e. The quantitative estimate of drug-likeness (QED) is 0.240. The van der Waals surface area contributed by atoms with Gasteiger partial charge in [-0.1, -0.05) is 49.2 Å². The molecule has 0 aromatic heterocycles. The van der Waals surface area contributed by atoms with E-state index in [4.69, 9.17) is 47.9 Å². The molecule has 1 aliphatic heterocycles. The van der Waals surface area contributed by atoms with Crippen LogP contribution in [0.3, 0.4) is 0 Å². The van der Waals surface area contributed by atoms with Gasteiger partial charge >= 0.3 is 5.97 Å². The molecule has 1 atom stereocenters. The number of benzene rings is 3. The Kier molecular flexibility index (Phi) is 8.35. The number of carbonyl (C=O) groups excluding carboxylic acids is 1. The highest BCUT2D eigenvalue weighted by molar-refractivity contribution is 6.36. The monoisotopic (exact) mass is 552 g/mol. The maximum Gasteiger partial charge on any atom is 0.345 e. The van der Waals surface area contributed by atoms with E-state index in [0.29, 0.717) is 40.4 Å². The van der Waals surface area contributed by atoms with E-state index in [2.05, 4.69) is 19.9 Å². The van der Waals surface area contributed by atoms with Gasteiger partial charge in [-0.05, 0) is 54.3 Å². The van der Waals surface area contributed by atoms with Crippen LogP contribution >= 0.6 is 23.2 Å². The van der Waals surface area contributed by atoms with Gasteiger partial charge in [-0.25, -0.2) is 4.79 Å². The lowest BCUT2D eigenvalue weighted by molar-refractivity contribution is 0.0734. The summed E-state index contributed by atoms with van der Waals surface area (Å²) < 4.78 is 22.8. The number of nitriles is 1. The number of nitrogens with zero attached hydrogens (tertiary/aromatic N) is 1. The van der Waals surface area contributed by atoms with Crippen LogP contribution < -0.4 is 24.7 Å². The summed E-state index contributed by atoms with van der Waals surface area (Å²) in [5.41, 5.74) is 8.01. The fourth-order valence-corrected chi connectivity index (χ4v) is 4.53. The van der Waals surface area contributed by atoms with Crippen molar-refractivity contribution in [1.82, 2.24) is 0 Å². The number of esters is 1. The third kappa shape index (κ3) is 5.83. The van der Waals surface area contributed by atoms with Crippen molar-refractivity contribution in [2.45, 2.75) is 26.2 Å². The van der Waals surface area contributed by atoms with Gasteiger partial charge in [0.25, 0.3) is 0 Å². The van der Waals surface area contributed by atoms with E-state index in [1.165, 1.54) is 12.1 Å². The fourth-order valence-electron chi connectivity index (χ4n) is 4.05. The number of hydrogen-bond donors (Lipinski definition) is 1. The van der Waals surface area contributed by atoms with Crippen LogP contribution in [0.15, 0.2) is 66.1 Å². The zero-order valence-corrected chi connectivity index (χ0v) is 22.6. The van der Waals surface area contributed by atoms with Gasteiger partial charge in [0.15, 0.2) is 11.5 Å². The number of halogens is 2. The predicted molar refractivity (Wildman–Crippen MR) is 145 cm³/mol. The van der Waals surface area contributed by atoms with E-state index in [9.17, 15) is 10.1 Å². The molecule has 0 amide bonds. The van der Waals surface area contributed by atoms with Crippen molar-refractivity contribution in [2.24, 2.45) is 11.7 Å². The molecule has 0 spiro atoms. The highest BCUT2D eigenvalue weighted by Crippen LogP contribution is 2.45. The van der Waals surface area contributed by atoms with Crippen molar-refractivity contribution < 1.29 is 23.7 Å². The number of carbonyl (C=O) groups is 1. The molecule has 0 radical (unpaired) electrons. The second kappa shape index (κ2) is 11.7. The molecule has 4 rings (SSSR count). The number of hydrogen-bond acceptors (Lipinski definition) is 7. The Balaban J connectivity index is 1.65. The molecule has 1 heterocycles. The normalized spacial score (nSPS) is 14.4. The van der Waals surface area contributed by atoms with Crippen LogP contribution in [0.1, 0.15) is 47.7 Å². The molecule has 3 aromatic carbocycles. The standard InChI is InChI=1S/C29H26Cl2N2O5/c1-16(2)10-11-36-24-9-4-17(12-26(24)35-3)27-21-8-6-19(14-25(21)38-28(33)22(27)15-32)37-29(34)20-7-5-18(30)13-23(20)31/h4-9,12-14,16,27H,10-11,33H2,1-3H3. The molecule has 0 fully saturated rings. The van der Waals surface area contributed by atoms with Crippen molar-refractivity contribution in [2.75, 3.05) is 13.7 Å². The first-order valence-corrected chi connectivity index (χ1v) is 12.7. The van der Waals surface area contributed by atoms with E-state index in [-0.39, 0.29) is 27.8 Å². The Morgan fingerprint density at radius 2 is 1.89 bits per heavy atom. The molecule has 9 heteroatoms. The van der Waals surface area contributed by atoms with Crippen molar-refractivity contribution in [3.8, 4) is 29.1 Å². The highest BCUT2D eigenvalue weighted by Gasteiger charge is 2.32. The van der Waals surface area contributed by atoms with Gasteiger partial charge in [0, 0.05) is 16.7 Å². The lowest BCUT2D eigenvalue weighted by Crippen LogP contribution is -2.21. The van der Waals surface area contributed by atoms with Gasteiger partial charge in [0.2, 0.25) is 5.88 Å². The van der Waals surface area contributed by atoms with Gasteiger partial charge in [0.1, 0.15) is 23.1 Å². The first kappa shape index (κ1) is 27.2. The smallest absolute Gasteiger partial charge is 0.345 e. The topological polar surface area (TPSA) is 104 Å². The molecule has 0 saturated carbocycles. The van der Waals surface area contributed by atoms with Gasteiger partial charge < -0.3 is 24.7 Å². The molecular weight excluding hydrogens is 527 g/mol. The number of nitrogens with two attached hydrogens (primary N) is 1. The summed E-state index contributed by atoms with van der Waals surface area (Å²) in [6.45, 7) is 4.82. The van der Waals surface area contributed by atoms with Crippen molar-refractivity contribution in [3.05, 3.63) is 92.8 Å². The van der Waals surface area contributed by atoms with E-state index >= 15 is 0 Å². The first-order chi connectivity index (χ1) is 18.2. The summed E-state index contributed by atoms with van der Waals surface area (Å²) >= 11 is 12.1. The molecule has 0 saturated heterocycles. The SMILES string of the molecule is COc1cc(C2C(C#N)=C(N)Oc3cc(OC(=O)c4ccc(Cl)cc4Cl)ccc32)ccc1OCCC(C)C. The Morgan fingerprint density at radius 3 is 2.58 bits per heavy atom. The number of rotatable bonds is 8. The van der Waals surface area contributed by atoms with E-state index in [0.717, 1.165) is 12.0 Å². The Morgan fingerprint density at radius 1 is 1.11 bits per heavy atom. The second-order valence-electron chi connectivity index (χ2n) is 9.08. The molecular formula is C29H26Cl2N2O5. The fraction of sp³-hybridized carbons (Fsp3) is 0.241. The summed E-state index contributed by atoms with van der Waals surface area (Å²) in [5, 5.41) is 10.5. The molecule has 0 aliphatic carbocycles. The van der Waals surface area contributed by atoms with Crippen molar-refractivity contribution >= 4 is 29.2 Å². The van der Waals surface area contributed by atoms with Crippen molar-refractivity contribution in [3.63, 3.8) is 0 Å². The summed E-state index contributed by atoms with van der Waals surface area (Å²) in [6.07, 6.45) is 0.910. The molecule has 0 bridgehead atoms. The average molecular weight is 553 g/mol. The minimum atomic E-state index is -0.655. The van der Waals surface area contributed by atoms with E-state index in [1.807, 2.05) is 18.2 Å². The number of allylic oxidation sites excluding steroid dienone is 1. The zero-order valence-electron chi connectivity index (χ0n) is 21.1. The molecule has 196 valence electrons. The lowest BCUT2D eigenvalue weighted by atomic mass is 9.83.